The van der Waals surface area contributed by atoms with Crippen LogP contribution in [0.5, 0.6) is 0 Å². The summed E-state index contributed by atoms with van der Waals surface area (Å²) in [5, 5.41) is 9.68. The van der Waals surface area contributed by atoms with Crippen LogP contribution in [0.2, 0.25) is 0 Å². The number of para-hydroxylation sites is 1. The molecule has 1 aromatic heterocycles. The molecule has 0 aliphatic carbocycles. The van der Waals surface area contributed by atoms with E-state index in [-0.39, 0.29) is 17.4 Å². The second-order valence-electron chi connectivity index (χ2n) is 5.39. The fraction of sp³-hybridized carbons (Fsp3) is 0.111. The molecule has 3 rings (SSSR count). The fourth-order valence-electron chi connectivity index (χ4n) is 2.30. The molecular formula is C18H15FN4O2S. The molecule has 0 radical (unpaired) electrons. The first kappa shape index (κ1) is 17.8. The number of anilines is 1. The lowest BCUT2D eigenvalue weighted by Gasteiger charge is -2.08. The van der Waals surface area contributed by atoms with E-state index < -0.39 is 5.82 Å². The minimum absolute atomic E-state index is 0.0564. The summed E-state index contributed by atoms with van der Waals surface area (Å²) >= 11 is 1.11. The Morgan fingerprint density at radius 1 is 1.15 bits per heavy atom. The molecule has 0 spiro atoms. The SMILES string of the molecule is CC(=O)c1ccccc1NC(=O)CSc1n[nH]c(-c2ccccc2F)n1. The van der Waals surface area contributed by atoms with Gasteiger partial charge in [0.05, 0.1) is 17.0 Å². The Kier molecular flexibility index (Phi) is 5.43. The van der Waals surface area contributed by atoms with Crippen LogP contribution in [-0.2, 0) is 4.79 Å². The van der Waals surface area contributed by atoms with Crippen LogP contribution in [0.4, 0.5) is 10.1 Å². The van der Waals surface area contributed by atoms with Crippen molar-refractivity contribution in [2.24, 2.45) is 0 Å². The van der Waals surface area contributed by atoms with Gasteiger partial charge in [0, 0.05) is 5.56 Å². The van der Waals surface area contributed by atoms with Crippen molar-refractivity contribution < 1.29 is 14.0 Å². The number of ketones is 1. The number of Topliss-reactive ketones (excluding diaryl/α,β-unsaturated/α-hetero) is 1. The Morgan fingerprint density at radius 3 is 2.65 bits per heavy atom. The number of H-pyrrole nitrogens is 1. The van der Waals surface area contributed by atoms with Crippen LogP contribution in [0.3, 0.4) is 0 Å². The Balaban J connectivity index is 1.63. The zero-order chi connectivity index (χ0) is 18.5. The number of benzene rings is 2. The number of aromatic nitrogens is 3. The van der Waals surface area contributed by atoms with Gasteiger partial charge in [-0.3, -0.25) is 14.7 Å². The smallest absolute Gasteiger partial charge is 0.234 e. The summed E-state index contributed by atoms with van der Waals surface area (Å²) < 4.78 is 13.8. The lowest BCUT2D eigenvalue weighted by Crippen LogP contribution is -2.16. The number of aromatic amines is 1. The second-order valence-corrected chi connectivity index (χ2v) is 6.33. The molecule has 0 aliphatic rings. The number of nitrogens with zero attached hydrogens (tertiary/aromatic N) is 2. The first-order valence-corrected chi connectivity index (χ1v) is 8.73. The first-order chi connectivity index (χ1) is 12.5. The third kappa shape index (κ3) is 4.15. The third-order valence-corrected chi connectivity index (χ3v) is 4.35. The molecule has 0 aliphatic heterocycles. The number of amides is 1. The van der Waals surface area contributed by atoms with Crippen LogP contribution < -0.4 is 5.32 Å². The number of hydrogen-bond donors (Lipinski definition) is 2. The molecule has 0 saturated carbocycles. The molecule has 0 unspecified atom stereocenters. The van der Waals surface area contributed by atoms with Crippen LogP contribution in [0.25, 0.3) is 11.4 Å². The Labute approximate surface area is 153 Å². The van der Waals surface area contributed by atoms with Gasteiger partial charge >= 0.3 is 0 Å². The molecule has 8 heteroatoms. The van der Waals surface area contributed by atoms with Crippen LogP contribution in [0, 0.1) is 5.82 Å². The van der Waals surface area contributed by atoms with E-state index in [2.05, 4.69) is 20.5 Å². The number of rotatable bonds is 6. The van der Waals surface area contributed by atoms with Gasteiger partial charge in [-0.2, -0.15) is 0 Å². The predicted molar refractivity (Wildman–Crippen MR) is 97.6 cm³/mol. The minimum Gasteiger partial charge on any atom is -0.325 e. The van der Waals surface area contributed by atoms with Gasteiger partial charge in [-0.25, -0.2) is 9.37 Å². The molecule has 6 nitrogen and oxygen atoms in total. The highest BCUT2D eigenvalue weighted by atomic mass is 32.2. The summed E-state index contributed by atoms with van der Waals surface area (Å²) in [4.78, 5) is 27.9. The van der Waals surface area contributed by atoms with E-state index >= 15 is 0 Å². The quantitative estimate of drug-likeness (QED) is 0.512. The van der Waals surface area contributed by atoms with Gasteiger partial charge in [0.2, 0.25) is 11.1 Å². The highest BCUT2D eigenvalue weighted by Crippen LogP contribution is 2.22. The molecule has 0 fully saturated rings. The van der Waals surface area contributed by atoms with Crippen molar-refractivity contribution in [3.63, 3.8) is 0 Å². The van der Waals surface area contributed by atoms with Gasteiger partial charge < -0.3 is 5.32 Å². The molecule has 2 aromatic carbocycles. The van der Waals surface area contributed by atoms with Crippen molar-refractivity contribution in [2.75, 3.05) is 11.1 Å². The molecule has 1 heterocycles. The maximum Gasteiger partial charge on any atom is 0.234 e. The zero-order valence-corrected chi connectivity index (χ0v) is 14.6. The highest BCUT2D eigenvalue weighted by Gasteiger charge is 2.13. The van der Waals surface area contributed by atoms with Gasteiger partial charge in [-0.1, -0.05) is 36.0 Å². The monoisotopic (exact) mass is 370 g/mol. The summed E-state index contributed by atoms with van der Waals surface area (Å²) in [6, 6.07) is 13.0. The Bertz CT molecular complexity index is 958. The summed E-state index contributed by atoms with van der Waals surface area (Å²) in [5.74, 6) is -0.467. The molecule has 132 valence electrons. The average molecular weight is 370 g/mol. The van der Waals surface area contributed by atoms with Gasteiger partial charge in [-0.15, -0.1) is 5.10 Å². The molecule has 2 N–H and O–H groups in total. The van der Waals surface area contributed by atoms with Crippen molar-refractivity contribution in [3.05, 3.63) is 59.9 Å². The van der Waals surface area contributed by atoms with Gasteiger partial charge in [0.15, 0.2) is 11.6 Å². The predicted octanol–water partition coefficient (Wildman–Crippen LogP) is 3.54. The van der Waals surface area contributed by atoms with E-state index in [0.29, 0.717) is 27.8 Å². The molecule has 0 saturated heterocycles. The van der Waals surface area contributed by atoms with E-state index in [9.17, 15) is 14.0 Å². The van der Waals surface area contributed by atoms with Crippen molar-refractivity contribution in [1.29, 1.82) is 0 Å². The van der Waals surface area contributed by atoms with Gasteiger partial charge in [0.1, 0.15) is 5.82 Å². The first-order valence-electron chi connectivity index (χ1n) is 7.74. The minimum atomic E-state index is -0.404. The van der Waals surface area contributed by atoms with Crippen LogP contribution in [-0.4, -0.2) is 32.6 Å². The van der Waals surface area contributed by atoms with Crippen molar-refractivity contribution >= 4 is 29.1 Å². The lowest BCUT2D eigenvalue weighted by molar-refractivity contribution is -0.113. The number of carbonyl (C=O) groups is 2. The van der Waals surface area contributed by atoms with E-state index in [4.69, 9.17) is 0 Å². The van der Waals surface area contributed by atoms with Gasteiger partial charge in [-0.05, 0) is 31.2 Å². The van der Waals surface area contributed by atoms with Crippen molar-refractivity contribution in [1.82, 2.24) is 15.2 Å². The molecule has 0 atom stereocenters. The molecule has 3 aromatic rings. The molecule has 1 amide bonds. The summed E-state index contributed by atoms with van der Waals surface area (Å²) in [5.41, 5.74) is 1.23. The molecular weight excluding hydrogens is 355 g/mol. The number of thioether (sulfide) groups is 1. The van der Waals surface area contributed by atoms with E-state index in [1.807, 2.05) is 0 Å². The van der Waals surface area contributed by atoms with E-state index in [1.165, 1.54) is 13.0 Å². The van der Waals surface area contributed by atoms with E-state index in [0.717, 1.165) is 11.8 Å². The largest absolute Gasteiger partial charge is 0.325 e. The fourth-order valence-corrected chi connectivity index (χ4v) is 2.90. The number of nitrogens with one attached hydrogen (secondary N) is 2. The normalized spacial score (nSPS) is 10.5. The van der Waals surface area contributed by atoms with Gasteiger partial charge in [0.25, 0.3) is 0 Å². The highest BCUT2D eigenvalue weighted by molar-refractivity contribution is 7.99. The average Bonchev–Trinajstić information content (AvgIpc) is 3.09. The molecule has 26 heavy (non-hydrogen) atoms. The summed E-state index contributed by atoms with van der Waals surface area (Å²) in [6.07, 6.45) is 0. The maximum atomic E-state index is 13.8. The maximum absolute atomic E-state index is 13.8. The van der Waals surface area contributed by atoms with Crippen molar-refractivity contribution in [3.8, 4) is 11.4 Å². The summed E-state index contributed by atoms with van der Waals surface area (Å²) in [7, 11) is 0. The second kappa shape index (κ2) is 7.92. The lowest BCUT2D eigenvalue weighted by atomic mass is 10.1. The standard InChI is InChI=1S/C18H15FN4O2S/c1-11(24)12-6-3-5-9-15(12)20-16(25)10-26-18-21-17(22-23-18)13-7-2-4-8-14(13)19/h2-9H,10H2,1H3,(H,20,25)(H,21,22,23). The molecule has 0 bridgehead atoms. The number of halogens is 1. The Hall–Kier alpha value is -3.00. The summed E-state index contributed by atoms with van der Waals surface area (Å²) in [6.45, 7) is 1.44. The van der Waals surface area contributed by atoms with Crippen LogP contribution >= 0.6 is 11.8 Å². The van der Waals surface area contributed by atoms with Crippen molar-refractivity contribution in [2.45, 2.75) is 12.1 Å². The van der Waals surface area contributed by atoms with E-state index in [1.54, 1.807) is 42.5 Å². The van der Waals surface area contributed by atoms with Crippen LogP contribution in [0.1, 0.15) is 17.3 Å². The number of carbonyl (C=O) groups excluding carboxylic acids is 2. The number of hydrogen-bond acceptors (Lipinski definition) is 5. The topological polar surface area (TPSA) is 87.7 Å². The third-order valence-electron chi connectivity index (χ3n) is 3.51. The van der Waals surface area contributed by atoms with Crippen LogP contribution in [0.15, 0.2) is 53.7 Å². The Morgan fingerprint density at radius 2 is 1.88 bits per heavy atom. The zero-order valence-electron chi connectivity index (χ0n) is 13.8.